The van der Waals surface area contributed by atoms with Gasteiger partial charge in [-0.05, 0) is 39.3 Å². The number of fused-ring (bicyclic) bond motifs is 1. The SMILES string of the molecule is C=C/C(=C(C)/C=C\C)c1ccc(C(C)O)c(-n2nc3c(c2C)CN(C)C3=O)n1. The van der Waals surface area contributed by atoms with Crippen LogP contribution in [0.15, 0.2) is 42.5 Å². The van der Waals surface area contributed by atoms with E-state index in [1.54, 1.807) is 29.6 Å². The lowest BCUT2D eigenvalue weighted by Gasteiger charge is -2.16. The largest absolute Gasteiger partial charge is 0.389 e. The maximum absolute atomic E-state index is 12.3. The molecule has 146 valence electrons. The van der Waals surface area contributed by atoms with Gasteiger partial charge in [-0.3, -0.25) is 4.79 Å². The minimum Gasteiger partial charge on any atom is -0.389 e. The van der Waals surface area contributed by atoms with Crippen LogP contribution < -0.4 is 0 Å². The summed E-state index contributed by atoms with van der Waals surface area (Å²) in [5.41, 5.74) is 5.55. The quantitative estimate of drug-likeness (QED) is 0.805. The highest BCUT2D eigenvalue weighted by Crippen LogP contribution is 2.30. The van der Waals surface area contributed by atoms with Gasteiger partial charge in [0.25, 0.3) is 5.91 Å². The molecule has 1 amide bonds. The molecule has 0 spiro atoms. The van der Waals surface area contributed by atoms with Crippen LogP contribution in [0, 0.1) is 6.92 Å². The highest BCUT2D eigenvalue weighted by atomic mass is 16.3. The predicted octanol–water partition coefficient (Wildman–Crippen LogP) is 3.75. The molecule has 0 fully saturated rings. The topological polar surface area (TPSA) is 71.2 Å². The number of nitrogens with zero attached hydrogens (tertiary/aromatic N) is 4. The molecule has 0 saturated heterocycles. The van der Waals surface area contributed by atoms with Crippen molar-refractivity contribution >= 4 is 11.5 Å². The van der Waals surface area contributed by atoms with Crippen molar-refractivity contribution in [2.45, 2.75) is 40.3 Å². The number of rotatable bonds is 5. The van der Waals surface area contributed by atoms with Crippen LogP contribution in [-0.4, -0.2) is 37.7 Å². The highest BCUT2D eigenvalue weighted by molar-refractivity contribution is 5.96. The van der Waals surface area contributed by atoms with Gasteiger partial charge in [0.05, 0.1) is 11.8 Å². The maximum Gasteiger partial charge on any atom is 0.274 e. The number of carbonyl (C=O) groups excluding carboxylic acids is 1. The molecule has 0 saturated carbocycles. The van der Waals surface area contributed by atoms with Gasteiger partial charge in [0.1, 0.15) is 0 Å². The predicted molar refractivity (Wildman–Crippen MR) is 110 cm³/mol. The van der Waals surface area contributed by atoms with Crippen molar-refractivity contribution in [3.8, 4) is 5.82 Å². The standard InChI is InChI=1S/C22H26N4O2/c1-7-9-13(3)16(8-2)19-11-10-17(15(5)27)21(23-19)26-14(4)18-12-25(6)22(28)20(18)24-26/h7-11,15,27H,2,12H2,1,3-6H3/b9-7-,16-13-. The van der Waals surface area contributed by atoms with Crippen molar-refractivity contribution < 1.29 is 9.90 Å². The fourth-order valence-corrected chi connectivity index (χ4v) is 3.50. The lowest BCUT2D eigenvalue weighted by atomic mass is 10.0. The van der Waals surface area contributed by atoms with Gasteiger partial charge in [-0.25, -0.2) is 9.67 Å². The number of hydrogen-bond donors (Lipinski definition) is 1. The Morgan fingerprint density at radius 2 is 2.11 bits per heavy atom. The molecular formula is C22H26N4O2. The second-order valence-corrected chi connectivity index (χ2v) is 7.07. The summed E-state index contributed by atoms with van der Waals surface area (Å²) in [5.74, 6) is 0.435. The third-order valence-electron chi connectivity index (χ3n) is 5.06. The second-order valence-electron chi connectivity index (χ2n) is 7.07. The summed E-state index contributed by atoms with van der Waals surface area (Å²) < 4.78 is 1.67. The summed E-state index contributed by atoms with van der Waals surface area (Å²) >= 11 is 0. The molecule has 2 aromatic rings. The monoisotopic (exact) mass is 378 g/mol. The number of pyridine rings is 1. The molecule has 3 heterocycles. The van der Waals surface area contributed by atoms with Crippen molar-refractivity contribution in [1.29, 1.82) is 0 Å². The van der Waals surface area contributed by atoms with Crippen molar-refractivity contribution in [3.63, 3.8) is 0 Å². The lowest BCUT2D eigenvalue weighted by Crippen LogP contribution is -2.20. The Kier molecular flexibility index (Phi) is 5.34. The summed E-state index contributed by atoms with van der Waals surface area (Å²) in [6, 6.07) is 3.73. The van der Waals surface area contributed by atoms with E-state index < -0.39 is 6.10 Å². The van der Waals surface area contributed by atoms with Gasteiger partial charge in [-0.15, -0.1) is 0 Å². The third kappa shape index (κ3) is 3.20. The Labute approximate surface area is 165 Å². The van der Waals surface area contributed by atoms with Crippen LogP contribution >= 0.6 is 0 Å². The fraction of sp³-hybridized carbons (Fsp3) is 0.318. The molecule has 0 bridgehead atoms. The van der Waals surface area contributed by atoms with E-state index in [0.29, 0.717) is 23.6 Å². The van der Waals surface area contributed by atoms with E-state index in [-0.39, 0.29) is 5.91 Å². The number of aliphatic hydroxyl groups is 1. The minimum absolute atomic E-state index is 0.0952. The minimum atomic E-state index is -0.721. The summed E-state index contributed by atoms with van der Waals surface area (Å²) in [6.07, 6.45) is 5.02. The van der Waals surface area contributed by atoms with Crippen LogP contribution in [-0.2, 0) is 6.54 Å². The van der Waals surface area contributed by atoms with Gasteiger partial charge in [0, 0.05) is 36.0 Å². The molecule has 0 radical (unpaired) electrons. The zero-order valence-corrected chi connectivity index (χ0v) is 17.0. The molecule has 1 unspecified atom stereocenters. The van der Waals surface area contributed by atoms with Crippen LogP contribution in [0.3, 0.4) is 0 Å². The molecule has 1 aliphatic rings. The van der Waals surface area contributed by atoms with Crippen molar-refractivity contribution in [3.05, 3.63) is 70.7 Å². The zero-order chi connectivity index (χ0) is 20.6. The molecule has 1 atom stereocenters. The van der Waals surface area contributed by atoms with Crippen LogP contribution in [0.1, 0.15) is 59.9 Å². The number of aromatic nitrogens is 3. The number of allylic oxidation sites excluding steroid dienone is 5. The first-order chi connectivity index (χ1) is 13.3. The Hall–Kier alpha value is -2.99. The molecule has 6 nitrogen and oxygen atoms in total. The zero-order valence-electron chi connectivity index (χ0n) is 17.0. The van der Waals surface area contributed by atoms with Gasteiger partial charge in [-0.2, -0.15) is 5.10 Å². The molecule has 2 aromatic heterocycles. The molecule has 6 heteroatoms. The van der Waals surface area contributed by atoms with Crippen LogP contribution in [0.25, 0.3) is 11.4 Å². The first-order valence-corrected chi connectivity index (χ1v) is 9.29. The highest BCUT2D eigenvalue weighted by Gasteiger charge is 2.32. The fourth-order valence-electron chi connectivity index (χ4n) is 3.50. The third-order valence-corrected chi connectivity index (χ3v) is 5.06. The smallest absolute Gasteiger partial charge is 0.274 e. The Balaban J connectivity index is 2.23. The van der Waals surface area contributed by atoms with Crippen molar-refractivity contribution in [2.75, 3.05) is 7.05 Å². The summed E-state index contributed by atoms with van der Waals surface area (Å²) in [6.45, 7) is 12.0. The average molecular weight is 378 g/mol. The Morgan fingerprint density at radius 3 is 2.68 bits per heavy atom. The van der Waals surface area contributed by atoms with Crippen molar-refractivity contribution in [2.24, 2.45) is 0 Å². The Morgan fingerprint density at radius 1 is 1.39 bits per heavy atom. The molecule has 0 aliphatic carbocycles. The molecule has 28 heavy (non-hydrogen) atoms. The van der Waals surface area contributed by atoms with Crippen LogP contribution in [0.5, 0.6) is 0 Å². The van der Waals surface area contributed by atoms with Crippen molar-refractivity contribution in [1.82, 2.24) is 19.7 Å². The van der Waals surface area contributed by atoms with Gasteiger partial charge < -0.3 is 10.0 Å². The van der Waals surface area contributed by atoms with E-state index in [2.05, 4.69) is 11.7 Å². The molecule has 1 N–H and O–H groups in total. The number of aliphatic hydroxyl groups excluding tert-OH is 1. The molecule has 0 aromatic carbocycles. The van der Waals surface area contributed by atoms with Crippen LogP contribution in [0.2, 0.25) is 0 Å². The maximum atomic E-state index is 12.3. The van der Waals surface area contributed by atoms with Crippen LogP contribution in [0.4, 0.5) is 0 Å². The number of amides is 1. The summed E-state index contributed by atoms with van der Waals surface area (Å²) in [4.78, 5) is 18.8. The summed E-state index contributed by atoms with van der Waals surface area (Å²) in [5, 5.41) is 14.8. The van der Waals surface area contributed by atoms with Gasteiger partial charge in [0.2, 0.25) is 0 Å². The van der Waals surface area contributed by atoms with Gasteiger partial charge in [-0.1, -0.05) is 30.9 Å². The van der Waals surface area contributed by atoms with E-state index in [4.69, 9.17) is 4.98 Å². The van der Waals surface area contributed by atoms with E-state index in [9.17, 15) is 9.90 Å². The number of carbonyl (C=O) groups is 1. The van der Waals surface area contributed by atoms with E-state index >= 15 is 0 Å². The number of hydrogen-bond acceptors (Lipinski definition) is 4. The van der Waals surface area contributed by atoms with E-state index in [1.807, 2.05) is 45.1 Å². The first kappa shape index (κ1) is 19.8. The van der Waals surface area contributed by atoms with Gasteiger partial charge >= 0.3 is 0 Å². The second kappa shape index (κ2) is 7.56. The van der Waals surface area contributed by atoms with E-state index in [1.165, 1.54) is 0 Å². The lowest BCUT2D eigenvalue weighted by molar-refractivity contribution is 0.0810. The molecule has 3 rings (SSSR count). The Bertz CT molecular complexity index is 1010. The first-order valence-electron chi connectivity index (χ1n) is 9.29. The normalized spacial score (nSPS) is 15.8. The average Bonchev–Trinajstić information content (AvgIpc) is 3.12. The molecule has 1 aliphatic heterocycles. The van der Waals surface area contributed by atoms with Gasteiger partial charge in [0.15, 0.2) is 11.5 Å². The summed E-state index contributed by atoms with van der Waals surface area (Å²) in [7, 11) is 1.76. The molecular weight excluding hydrogens is 352 g/mol. The van der Waals surface area contributed by atoms with E-state index in [0.717, 1.165) is 28.1 Å².